The van der Waals surface area contributed by atoms with Crippen LogP contribution in [0.1, 0.15) is 33.6 Å². The first-order chi connectivity index (χ1) is 13.7. The summed E-state index contributed by atoms with van der Waals surface area (Å²) in [6.07, 6.45) is -21.4. The van der Waals surface area contributed by atoms with E-state index in [4.69, 9.17) is 0 Å². The van der Waals surface area contributed by atoms with E-state index in [2.05, 4.69) is 6.58 Å². The van der Waals surface area contributed by atoms with Gasteiger partial charge in [0.1, 0.15) is 29.7 Å². The fourth-order valence-corrected chi connectivity index (χ4v) is 0.951. The highest BCUT2D eigenvalue weighted by Crippen LogP contribution is 2.23. The van der Waals surface area contributed by atoms with Crippen LogP contribution in [0.25, 0.3) is 0 Å². The SMILES string of the molecule is C/C(F)=C/C(F)(F)F.C/C(F)=C\C(F)(F)F.C=C(F)CC(F)(F)F.CC(=O)CC(F)(F)F. The van der Waals surface area contributed by atoms with Crippen molar-refractivity contribution in [3.05, 3.63) is 36.2 Å². The van der Waals surface area contributed by atoms with Gasteiger partial charge in [0.25, 0.3) is 0 Å². The second kappa shape index (κ2) is 15.6. The van der Waals surface area contributed by atoms with Gasteiger partial charge >= 0.3 is 24.7 Å². The molecule has 32 heavy (non-hydrogen) atoms. The van der Waals surface area contributed by atoms with Crippen LogP contribution in [0.2, 0.25) is 0 Å². The normalized spacial score (nSPS) is 12.9. The van der Waals surface area contributed by atoms with Gasteiger partial charge in [-0.25, -0.2) is 13.2 Å². The quantitative estimate of drug-likeness (QED) is 0.340. The standard InChI is InChI=1S/3C4H4F4.C4H5F3O/c3*1-3(5)2-4(6,7)8;1-3(8)2-4(5,6)7/h2*2H,1H3;1-2H2;2H2,1H3/b3-2+;3-2-;;. The van der Waals surface area contributed by atoms with Gasteiger partial charge in [-0.15, -0.1) is 0 Å². The van der Waals surface area contributed by atoms with Crippen molar-refractivity contribution in [3.63, 3.8) is 0 Å². The third-order valence-corrected chi connectivity index (χ3v) is 1.57. The number of hydrogen-bond donors (Lipinski definition) is 0. The van der Waals surface area contributed by atoms with E-state index in [1.54, 1.807) is 0 Å². The Morgan fingerprint density at radius 1 is 0.625 bits per heavy atom. The van der Waals surface area contributed by atoms with E-state index in [9.17, 15) is 70.7 Å². The average molecular weight is 510 g/mol. The largest absolute Gasteiger partial charge is 0.412 e. The number of carbonyl (C=O) groups is 1. The van der Waals surface area contributed by atoms with Gasteiger partial charge in [0, 0.05) is 0 Å². The molecule has 0 N–H and O–H groups in total. The average Bonchev–Trinajstić information content (AvgIpc) is 2.26. The zero-order chi connectivity index (χ0) is 27.1. The molecule has 16 heteroatoms. The molecule has 192 valence electrons. The molecule has 0 amide bonds. The maximum absolute atomic E-state index is 11.3. The molecule has 0 spiro atoms. The van der Waals surface area contributed by atoms with Crippen LogP contribution in [0, 0.1) is 0 Å². The number of alkyl halides is 12. The Morgan fingerprint density at radius 3 is 0.875 bits per heavy atom. The zero-order valence-electron chi connectivity index (χ0n) is 16.4. The number of allylic oxidation sites excluding steroid dienone is 5. The van der Waals surface area contributed by atoms with Crippen LogP contribution < -0.4 is 0 Å². The molecule has 1 nitrogen and oxygen atoms in total. The summed E-state index contributed by atoms with van der Waals surface area (Å²) in [4.78, 5) is 9.74. The zero-order valence-corrected chi connectivity index (χ0v) is 16.4. The van der Waals surface area contributed by atoms with Crippen LogP contribution >= 0.6 is 0 Å². The third-order valence-electron chi connectivity index (χ3n) is 1.57. The van der Waals surface area contributed by atoms with Gasteiger partial charge in [0.15, 0.2) is 0 Å². The molecular formula is C16H17F15O. The summed E-state index contributed by atoms with van der Waals surface area (Å²) in [5.41, 5.74) is 0. The van der Waals surface area contributed by atoms with Crippen molar-refractivity contribution in [1.82, 2.24) is 0 Å². The number of carbonyl (C=O) groups excluding carboxylic acids is 1. The smallest absolute Gasteiger partial charge is 0.300 e. The molecule has 0 aromatic rings. The molecule has 0 radical (unpaired) electrons. The van der Waals surface area contributed by atoms with E-state index in [-0.39, 0.29) is 0 Å². The summed E-state index contributed by atoms with van der Waals surface area (Å²) >= 11 is 0. The molecule has 0 fully saturated rings. The number of halogens is 15. The molecule has 0 aromatic heterocycles. The Bertz CT molecular complexity index is 539. The van der Waals surface area contributed by atoms with Crippen LogP contribution in [-0.4, -0.2) is 30.5 Å². The molecule has 0 unspecified atom stereocenters. The van der Waals surface area contributed by atoms with E-state index in [1.807, 2.05) is 0 Å². The summed E-state index contributed by atoms with van der Waals surface area (Å²) in [7, 11) is 0. The number of ketones is 1. The first-order valence-electron chi connectivity index (χ1n) is 7.46. The Morgan fingerprint density at radius 2 is 0.875 bits per heavy atom. The molecule has 0 aliphatic rings. The Balaban J connectivity index is -0.000000163. The Kier molecular flexibility index (Phi) is 18.1. The van der Waals surface area contributed by atoms with Crippen LogP contribution in [0.15, 0.2) is 36.2 Å². The van der Waals surface area contributed by atoms with Gasteiger partial charge in [-0.2, -0.15) is 52.7 Å². The summed E-state index contributed by atoms with van der Waals surface area (Å²) in [6, 6.07) is 0. The van der Waals surface area contributed by atoms with Crippen molar-refractivity contribution < 1.29 is 70.7 Å². The highest BCUT2D eigenvalue weighted by Gasteiger charge is 2.29. The minimum atomic E-state index is -4.52. The summed E-state index contributed by atoms with van der Waals surface area (Å²) in [5.74, 6) is -4.65. The Hall–Kier alpha value is -2.16. The third kappa shape index (κ3) is 63.0. The maximum atomic E-state index is 11.3. The minimum Gasteiger partial charge on any atom is -0.300 e. The Labute approximate surface area is 172 Å². The predicted molar refractivity (Wildman–Crippen MR) is 84.1 cm³/mol. The molecule has 0 atom stereocenters. The first kappa shape index (κ1) is 37.2. The second-order valence-corrected chi connectivity index (χ2v) is 5.35. The molecule has 0 heterocycles. The molecule has 0 aliphatic heterocycles. The monoisotopic (exact) mass is 510 g/mol. The van der Waals surface area contributed by atoms with Gasteiger partial charge in [-0.3, -0.25) is 4.79 Å². The molecule has 0 saturated heterocycles. The molecule has 0 saturated carbocycles. The van der Waals surface area contributed by atoms with E-state index >= 15 is 0 Å². The highest BCUT2D eigenvalue weighted by atomic mass is 19.4. The fraction of sp³-hybridized carbons (Fsp3) is 0.562. The van der Waals surface area contributed by atoms with E-state index in [0.29, 0.717) is 0 Å². The first-order valence-corrected chi connectivity index (χ1v) is 7.46. The van der Waals surface area contributed by atoms with E-state index in [1.165, 1.54) is 0 Å². The van der Waals surface area contributed by atoms with Crippen molar-refractivity contribution in [3.8, 4) is 0 Å². The predicted octanol–water partition coefficient (Wildman–Crippen LogP) is 8.79. The fourth-order valence-electron chi connectivity index (χ4n) is 0.951. The molecule has 0 rings (SSSR count). The van der Waals surface area contributed by atoms with Crippen LogP contribution in [0.5, 0.6) is 0 Å². The van der Waals surface area contributed by atoms with Gasteiger partial charge in [0.2, 0.25) is 0 Å². The molecule has 0 aromatic carbocycles. The molecular weight excluding hydrogens is 493 g/mol. The topological polar surface area (TPSA) is 17.1 Å². The number of Topliss-reactive ketones (excluding diaryl/α,β-unsaturated/α-hetero) is 1. The van der Waals surface area contributed by atoms with Crippen molar-refractivity contribution in [1.29, 1.82) is 0 Å². The lowest BCUT2D eigenvalue weighted by atomic mass is 10.3. The second-order valence-electron chi connectivity index (χ2n) is 5.35. The maximum Gasteiger partial charge on any atom is 0.412 e. The highest BCUT2D eigenvalue weighted by molar-refractivity contribution is 5.76. The van der Waals surface area contributed by atoms with Crippen LogP contribution in [-0.2, 0) is 4.79 Å². The molecule has 0 aliphatic carbocycles. The van der Waals surface area contributed by atoms with Crippen LogP contribution in [0.4, 0.5) is 65.9 Å². The van der Waals surface area contributed by atoms with Gasteiger partial charge in [0.05, 0.1) is 18.6 Å². The molecule has 0 bridgehead atoms. The lowest BCUT2D eigenvalue weighted by molar-refractivity contribution is -0.150. The van der Waals surface area contributed by atoms with E-state index < -0.39 is 73.0 Å². The van der Waals surface area contributed by atoms with Crippen molar-refractivity contribution in [2.45, 2.75) is 58.3 Å². The summed E-state index contributed by atoms with van der Waals surface area (Å²) < 4.78 is 166. The van der Waals surface area contributed by atoms with Gasteiger partial charge in [-0.05, 0) is 20.8 Å². The van der Waals surface area contributed by atoms with E-state index in [0.717, 1.165) is 20.8 Å². The number of rotatable bonds is 2. The van der Waals surface area contributed by atoms with Crippen molar-refractivity contribution >= 4 is 5.78 Å². The van der Waals surface area contributed by atoms with Gasteiger partial charge < -0.3 is 0 Å². The minimum absolute atomic E-state index is 0.396. The lowest BCUT2D eigenvalue weighted by Crippen LogP contribution is -2.11. The van der Waals surface area contributed by atoms with Crippen molar-refractivity contribution in [2.24, 2.45) is 0 Å². The van der Waals surface area contributed by atoms with Crippen LogP contribution in [0.3, 0.4) is 0 Å². The lowest BCUT2D eigenvalue weighted by Gasteiger charge is -2.00. The summed E-state index contributed by atoms with van der Waals surface area (Å²) in [6.45, 7) is 4.85. The number of hydrogen-bond acceptors (Lipinski definition) is 1. The summed E-state index contributed by atoms with van der Waals surface area (Å²) in [5, 5.41) is 0. The van der Waals surface area contributed by atoms with Gasteiger partial charge in [-0.1, -0.05) is 6.58 Å². The van der Waals surface area contributed by atoms with Crippen molar-refractivity contribution in [2.75, 3.05) is 0 Å².